The van der Waals surface area contributed by atoms with Crippen molar-refractivity contribution in [3.8, 4) is 11.4 Å². The fourth-order valence-electron chi connectivity index (χ4n) is 3.03. The van der Waals surface area contributed by atoms with E-state index in [1.54, 1.807) is 7.11 Å². The van der Waals surface area contributed by atoms with Crippen LogP contribution in [-0.2, 0) is 6.54 Å². The molecule has 0 aliphatic carbocycles. The largest absolute Gasteiger partial charge is 0.496 e. The number of para-hydroxylation sites is 1. The third kappa shape index (κ3) is 3.92. The minimum atomic E-state index is 0.605. The molecule has 1 N–H and O–H groups in total. The van der Waals surface area contributed by atoms with Gasteiger partial charge in [-0.25, -0.2) is 0 Å². The smallest absolute Gasteiger partial charge is 0.123 e. The van der Waals surface area contributed by atoms with E-state index >= 15 is 0 Å². The molecule has 26 heavy (non-hydrogen) atoms. The monoisotopic (exact) mass is 367 g/mol. The highest BCUT2D eigenvalue weighted by molar-refractivity contribution is 6.30. The summed E-state index contributed by atoms with van der Waals surface area (Å²) in [5.41, 5.74) is 8.52. The lowest BCUT2D eigenvalue weighted by Crippen LogP contribution is -2.07. The van der Waals surface area contributed by atoms with Gasteiger partial charge in [0.1, 0.15) is 5.75 Å². The molecular formula is C21H22ClN3O. The zero-order chi connectivity index (χ0) is 18.5. The molecule has 2 aromatic carbocycles. The molecule has 0 fully saturated rings. The molecule has 0 amide bonds. The Kier molecular flexibility index (Phi) is 5.64. The Bertz CT molecular complexity index is 931. The number of rotatable bonds is 6. The van der Waals surface area contributed by atoms with E-state index < -0.39 is 0 Å². The zero-order valence-electron chi connectivity index (χ0n) is 15.2. The lowest BCUT2D eigenvalue weighted by molar-refractivity contribution is 0.408. The summed E-state index contributed by atoms with van der Waals surface area (Å²) >= 11 is 6.13. The van der Waals surface area contributed by atoms with Crippen LogP contribution in [0, 0.1) is 13.8 Å². The number of aromatic nitrogens is 1. The van der Waals surface area contributed by atoms with Crippen molar-refractivity contribution in [3.05, 3.63) is 82.1 Å². The van der Waals surface area contributed by atoms with Gasteiger partial charge in [-0.3, -0.25) is 0 Å². The first-order valence-electron chi connectivity index (χ1n) is 8.43. The molecule has 1 aromatic heterocycles. The minimum Gasteiger partial charge on any atom is -0.496 e. The van der Waals surface area contributed by atoms with Crippen molar-refractivity contribution in [2.75, 3.05) is 7.11 Å². The number of aryl methyl sites for hydroxylation is 1. The van der Waals surface area contributed by atoms with Gasteiger partial charge in [-0.1, -0.05) is 35.9 Å². The Morgan fingerprint density at radius 1 is 1.12 bits per heavy atom. The molecule has 0 aliphatic rings. The average molecular weight is 368 g/mol. The van der Waals surface area contributed by atoms with Crippen molar-refractivity contribution in [1.82, 2.24) is 9.99 Å². The van der Waals surface area contributed by atoms with Crippen LogP contribution in [0.3, 0.4) is 0 Å². The molecule has 0 atom stereocenters. The third-order valence-electron chi connectivity index (χ3n) is 4.29. The van der Waals surface area contributed by atoms with Crippen LogP contribution in [0.15, 0.2) is 59.7 Å². The van der Waals surface area contributed by atoms with Crippen molar-refractivity contribution >= 4 is 17.8 Å². The van der Waals surface area contributed by atoms with Crippen LogP contribution in [0.2, 0.25) is 5.02 Å². The van der Waals surface area contributed by atoms with Crippen LogP contribution < -0.4 is 10.2 Å². The quantitative estimate of drug-likeness (QED) is 0.498. The zero-order valence-corrected chi connectivity index (χ0v) is 15.9. The lowest BCUT2D eigenvalue weighted by Gasteiger charge is -2.10. The van der Waals surface area contributed by atoms with E-state index in [9.17, 15) is 0 Å². The summed E-state index contributed by atoms with van der Waals surface area (Å²) in [6.45, 7) is 4.76. The van der Waals surface area contributed by atoms with Crippen LogP contribution >= 0.6 is 11.6 Å². The predicted octanol–water partition coefficient (Wildman–Crippen LogP) is 4.88. The molecular weight excluding hydrogens is 346 g/mol. The molecule has 0 unspecified atom stereocenters. The number of ether oxygens (including phenoxy) is 1. The van der Waals surface area contributed by atoms with Crippen molar-refractivity contribution in [2.24, 2.45) is 5.10 Å². The van der Waals surface area contributed by atoms with Crippen LogP contribution in [0.25, 0.3) is 5.69 Å². The molecule has 3 aromatic rings. The van der Waals surface area contributed by atoms with E-state index in [1.165, 1.54) is 0 Å². The number of halogens is 1. The van der Waals surface area contributed by atoms with Crippen molar-refractivity contribution in [1.29, 1.82) is 0 Å². The van der Waals surface area contributed by atoms with Gasteiger partial charge in [0.15, 0.2) is 0 Å². The van der Waals surface area contributed by atoms with Crippen molar-refractivity contribution in [3.63, 3.8) is 0 Å². The standard InChI is InChI=1S/C21H22ClN3O/c1-15-11-18(16(2)25(15)20-9-6-8-19(22)12-20)14-24-23-13-17-7-4-5-10-21(17)26-3/h4-12,14,23H,13H2,1-3H3/b24-14-. The second-order valence-corrected chi connectivity index (χ2v) is 6.48. The third-order valence-corrected chi connectivity index (χ3v) is 4.53. The summed E-state index contributed by atoms with van der Waals surface area (Å²) in [4.78, 5) is 0. The first-order valence-corrected chi connectivity index (χ1v) is 8.80. The summed E-state index contributed by atoms with van der Waals surface area (Å²) in [5, 5.41) is 5.09. The number of nitrogens with one attached hydrogen (secondary N) is 1. The molecule has 3 rings (SSSR count). The van der Waals surface area contributed by atoms with E-state index in [1.807, 2.05) is 54.7 Å². The second kappa shape index (κ2) is 8.11. The normalized spacial score (nSPS) is 11.1. The number of methoxy groups -OCH3 is 1. The van der Waals surface area contributed by atoms with E-state index in [-0.39, 0.29) is 0 Å². The molecule has 0 spiro atoms. The fraction of sp³-hybridized carbons (Fsp3) is 0.190. The van der Waals surface area contributed by atoms with Gasteiger partial charge < -0.3 is 14.7 Å². The van der Waals surface area contributed by atoms with Gasteiger partial charge >= 0.3 is 0 Å². The minimum absolute atomic E-state index is 0.605. The molecule has 0 saturated carbocycles. The number of hydrogen-bond donors (Lipinski definition) is 1. The number of hydrogen-bond acceptors (Lipinski definition) is 3. The number of nitrogens with zero attached hydrogens (tertiary/aromatic N) is 2. The predicted molar refractivity (Wildman–Crippen MR) is 108 cm³/mol. The summed E-state index contributed by atoms with van der Waals surface area (Å²) < 4.78 is 7.53. The maximum Gasteiger partial charge on any atom is 0.123 e. The SMILES string of the molecule is COc1ccccc1CN/N=C\c1cc(C)n(-c2cccc(Cl)c2)c1C. The van der Waals surface area contributed by atoms with Crippen LogP contribution in [-0.4, -0.2) is 17.9 Å². The number of hydrazone groups is 1. The van der Waals surface area contributed by atoms with Gasteiger partial charge in [0.2, 0.25) is 0 Å². The van der Waals surface area contributed by atoms with Gasteiger partial charge in [0.25, 0.3) is 0 Å². The molecule has 0 radical (unpaired) electrons. The Balaban J connectivity index is 1.74. The van der Waals surface area contributed by atoms with Gasteiger partial charge in [-0.2, -0.15) is 5.10 Å². The summed E-state index contributed by atoms with van der Waals surface area (Å²) in [5.74, 6) is 0.856. The molecule has 4 nitrogen and oxygen atoms in total. The van der Waals surface area contributed by atoms with Crippen molar-refractivity contribution in [2.45, 2.75) is 20.4 Å². The van der Waals surface area contributed by atoms with E-state index in [2.05, 4.69) is 35.0 Å². The van der Waals surface area contributed by atoms with E-state index in [0.717, 1.165) is 39.0 Å². The molecule has 1 heterocycles. The highest BCUT2D eigenvalue weighted by Gasteiger charge is 2.09. The Morgan fingerprint density at radius 3 is 2.69 bits per heavy atom. The van der Waals surface area contributed by atoms with Gasteiger partial charge in [-0.15, -0.1) is 0 Å². The summed E-state index contributed by atoms with van der Waals surface area (Å²) in [6, 6.07) is 17.9. The molecule has 134 valence electrons. The molecule has 5 heteroatoms. The maximum absolute atomic E-state index is 6.13. The summed E-state index contributed by atoms with van der Waals surface area (Å²) in [7, 11) is 1.67. The summed E-state index contributed by atoms with van der Waals surface area (Å²) in [6.07, 6.45) is 1.85. The second-order valence-electron chi connectivity index (χ2n) is 6.05. The highest BCUT2D eigenvalue weighted by atomic mass is 35.5. The van der Waals surface area contributed by atoms with Gasteiger partial charge in [0, 0.05) is 33.2 Å². The Morgan fingerprint density at radius 2 is 1.92 bits per heavy atom. The highest BCUT2D eigenvalue weighted by Crippen LogP contribution is 2.22. The van der Waals surface area contributed by atoms with Gasteiger partial charge in [-0.05, 0) is 44.2 Å². The topological polar surface area (TPSA) is 38.5 Å². The van der Waals surface area contributed by atoms with Crippen LogP contribution in [0.4, 0.5) is 0 Å². The molecule has 0 bridgehead atoms. The Labute approximate surface area is 159 Å². The van der Waals surface area contributed by atoms with Gasteiger partial charge in [0.05, 0.1) is 19.9 Å². The van der Waals surface area contributed by atoms with E-state index in [4.69, 9.17) is 16.3 Å². The number of benzene rings is 2. The first-order chi connectivity index (χ1) is 12.6. The van der Waals surface area contributed by atoms with E-state index in [0.29, 0.717) is 6.54 Å². The van der Waals surface area contributed by atoms with Crippen molar-refractivity contribution < 1.29 is 4.74 Å². The van der Waals surface area contributed by atoms with Crippen LogP contribution in [0.1, 0.15) is 22.5 Å². The fourth-order valence-corrected chi connectivity index (χ4v) is 3.21. The van der Waals surface area contributed by atoms with Crippen LogP contribution in [0.5, 0.6) is 5.75 Å². The molecule has 0 saturated heterocycles. The lowest BCUT2D eigenvalue weighted by atomic mass is 10.2. The average Bonchev–Trinajstić information content (AvgIpc) is 2.92. The first kappa shape index (κ1) is 18.1. The Hall–Kier alpha value is -2.72. The molecule has 0 aliphatic heterocycles. The maximum atomic E-state index is 6.13.